The number of carbonyl (C=O) groups is 1. The number of hydrogen-bond donors (Lipinski definition) is 1. The second-order valence-corrected chi connectivity index (χ2v) is 9.65. The Bertz CT molecular complexity index is 1140. The zero-order valence-corrected chi connectivity index (χ0v) is 18.6. The number of fused-ring (bicyclic) bond motifs is 2. The molecule has 7 nitrogen and oxygen atoms in total. The molecule has 0 bridgehead atoms. The molecule has 2 aliphatic heterocycles. The van der Waals surface area contributed by atoms with Crippen LogP contribution in [-0.4, -0.2) is 48.7 Å². The lowest BCUT2D eigenvalue weighted by Gasteiger charge is -2.33. The fourth-order valence-electron chi connectivity index (χ4n) is 4.85. The molecule has 1 N–H and O–H groups in total. The van der Waals surface area contributed by atoms with Crippen molar-refractivity contribution in [3.8, 4) is 11.5 Å². The van der Waals surface area contributed by atoms with Crippen LogP contribution < -0.4 is 19.3 Å². The first-order valence-corrected chi connectivity index (χ1v) is 12.0. The summed E-state index contributed by atoms with van der Waals surface area (Å²) < 4.78 is 10.9. The smallest absolute Gasteiger partial charge is 0.231 e. The minimum atomic E-state index is 0.161. The first kappa shape index (κ1) is 19.7. The van der Waals surface area contributed by atoms with Crippen molar-refractivity contribution >= 4 is 23.1 Å². The van der Waals surface area contributed by atoms with E-state index < -0.39 is 0 Å². The van der Waals surface area contributed by atoms with Gasteiger partial charge in [-0.2, -0.15) is 0 Å². The summed E-state index contributed by atoms with van der Waals surface area (Å²) in [6, 6.07) is 10.4. The predicted molar refractivity (Wildman–Crippen MR) is 121 cm³/mol. The van der Waals surface area contributed by atoms with Crippen molar-refractivity contribution < 1.29 is 19.2 Å². The molecule has 3 aliphatic rings. The van der Waals surface area contributed by atoms with Gasteiger partial charge in [0.2, 0.25) is 12.7 Å². The number of hydrogen-bond acceptors (Lipinski definition) is 7. The average Bonchev–Trinajstić information content (AvgIpc) is 3.51. The van der Waals surface area contributed by atoms with Gasteiger partial charge in [-0.05, 0) is 36.1 Å². The van der Waals surface area contributed by atoms with Gasteiger partial charge < -0.3 is 19.3 Å². The maximum Gasteiger partial charge on any atom is 0.231 e. The van der Waals surface area contributed by atoms with Crippen LogP contribution in [0.15, 0.2) is 41.9 Å². The van der Waals surface area contributed by atoms with Crippen molar-refractivity contribution in [3.63, 3.8) is 0 Å². The summed E-state index contributed by atoms with van der Waals surface area (Å²) in [5.41, 5.74) is 2.87. The number of carbonyl (C=O) groups excluding carboxylic acids is 1. The van der Waals surface area contributed by atoms with Gasteiger partial charge in [0, 0.05) is 29.0 Å². The predicted octanol–water partition coefficient (Wildman–Crippen LogP) is 2.08. The summed E-state index contributed by atoms with van der Waals surface area (Å²) in [6.07, 6.45) is 3.11. The normalized spacial score (nSPS) is 20.4. The number of Topliss-reactive ketones (excluding diaryl/α,β-unsaturated/α-hetero) is 1. The number of ketones is 1. The number of nitrogens with zero attached hydrogens (tertiary/aromatic N) is 3. The highest BCUT2D eigenvalue weighted by Gasteiger charge is 2.30. The first-order chi connectivity index (χ1) is 15.7. The zero-order chi connectivity index (χ0) is 21.5. The molecule has 3 aromatic rings. The zero-order valence-electron chi connectivity index (χ0n) is 17.8. The van der Waals surface area contributed by atoms with Crippen LogP contribution in [0.25, 0.3) is 0 Å². The Balaban J connectivity index is 1.12. The van der Waals surface area contributed by atoms with E-state index in [0.29, 0.717) is 18.8 Å². The van der Waals surface area contributed by atoms with E-state index in [1.807, 2.05) is 6.07 Å². The SMILES string of the molecule is O=C1C[C@@H](c2cccs2)Cc2nc(N3CC[NH+](Cc4ccc5c(c4)OCO5)CC3)ncc21. The van der Waals surface area contributed by atoms with Gasteiger partial charge in [-0.1, -0.05) is 6.07 Å². The first-order valence-electron chi connectivity index (χ1n) is 11.1. The number of piperazine rings is 1. The highest BCUT2D eigenvalue weighted by molar-refractivity contribution is 7.10. The molecule has 1 atom stereocenters. The Morgan fingerprint density at radius 1 is 1.12 bits per heavy atom. The molecular formula is C24H25N4O3S+. The van der Waals surface area contributed by atoms with Gasteiger partial charge in [0.25, 0.3) is 0 Å². The molecule has 0 amide bonds. The Hall–Kier alpha value is -2.97. The number of aromatic nitrogens is 2. The number of rotatable bonds is 4. The summed E-state index contributed by atoms with van der Waals surface area (Å²) in [7, 11) is 0. The second kappa shape index (κ2) is 8.18. The molecule has 1 fully saturated rings. The molecule has 1 saturated heterocycles. The van der Waals surface area contributed by atoms with Gasteiger partial charge in [0.15, 0.2) is 17.3 Å². The quantitative estimate of drug-likeness (QED) is 0.658. The molecule has 164 valence electrons. The van der Waals surface area contributed by atoms with Gasteiger partial charge >= 0.3 is 0 Å². The lowest BCUT2D eigenvalue weighted by molar-refractivity contribution is -0.914. The molecular weight excluding hydrogens is 424 g/mol. The Morgan fingerprint density at radius 3 is 2.84 bits per heavy atom. The molecule has 32 heavy (non-hydrogen) atoms. The van der Waals surface area contributed by atoms with Crippen LogP contribution in [0.4, 0.5) is 5.95 Å². The number of anilines is 1. The van der Waals surface area contributed by atoms with Gasteiger partial charge in [-0.15, -0.1) is 11.3 Å². The van der Waals surface area contributed by atoms with Gasteiger partial charge in [0.05, 0.1) is 37.4 Å². The molecule has 2 aromatic heterocycles. The fraction of sp³-hybridized carbons (Fsp3) is 0.375. The van der Waals surface area contributed by atoms with Crippen LogP contribution in [0, 0.1) is 0 Å². The van der Waals surface area contributed by atoms with Crippen molar-refractivity contribution in [1.82, 2.24) is 9.97 Å². The molecule has 4 heterocycles. The standard InChI is InChI=1S/C24H24N4O3S/c29-20-12-17(23-2-1-9-32-23)11-19-18(20)13-25-24(26-19)28-7-5-27(6-8-28)14-16-3-4-21-22(10-16)31-15-30-21/h1-4,9-10,13,17H,5-8,11-12,14-15H2/p+1/t17-/m0/s1. The van der Waals surface area contributed by atoms with Crippen molar-refractivity contribution in [2.24, 2.45) is 0 Å². The van der Waals surface area contributed by atoms with Crippen LogP contribution in [0.2, 0.25) is 0 Å². The van der Waals surface area contributed by atoms with Crippen LogP contribution in [0.3, 0.4) is 0 Å². The number of thiophene rings is 1. The third-order valence-corrected chi connectivity index (χ3v) is 7.65. The molecule has 0 spiro atoms. The maximum absolute atomic E-state index is 12.7. The number of ether oxygens (including phenoxy) is 2. The molecule has 1 aromatic carbocycles. The van der Waals surface area contributed by atoms with Gasteiger partial charge in [-0.25, -0.2) is 9.97 Å². The molecule has 6 rings (SSSR count). The minimum Gasteiger partial charge on any atom is -0.454 e. The maximum atomic E-state index is 12.7. The highest BCUT2D eigenvalue weighted by atomic mass is 32.1. The van der Waals surface area contributed by atoms with E-state index >= 15 is 0 Å². The monoisotopic (exact) mass is 449 g/mol. The number of quaternary nitrogens is 1. The summed E-state index contributed by atoms with van der Waals surface area (Å²) in [5, 5.41) is 2.08. The third kappa shape index (κ3) is 3.73. The topological polar surface area (TPSA) is 69.0 Å². The van der Waals surface area contributed by atoms with E-state index in [0.717, 1.165) is 62.3 Å². The minimum absolute atomic E-state index is 0.161. The summed E-state index contributed by atoms with van der Waals surface area (Å²) in [6.45, 7) is 5.12. The van der Waals surface area contributed by atoms with E-state index in [1.165, 1.54) is 15.3 Å². The van der Waals surface area contributed by atoms with Gasteiger partial charge in [-0.3, -0.25) is 4.79 Å². The van der Waals surface area contributed by atoms with Crippen LogP contribution in [0.5, 0.6) is 11.5 Å². The van der Waals surface area contributed by atoms with Crippen LogP contribution >= 0.6 is 11.3 Å². The summed E-state index contributed by atoms with van der Waals surface area (Å²) in [4.78, 5) is 27.1. The average molecular weight is 450 g/mol. The van der Waals surface area contributed by atoms with E-state index in [1.54, 1.807) is 17.5 Å². The lowest BCUT2D eigenvalue weighted by atomic mass is 9.86. The third-order valence-electron chi connectivity index (χ3n) is 6.62. The molecule has 8 heteroatoms. The van der Waals surface area contributed by atoms with Crippen molar-refractivity contribution in [1.29, 1.82) is 0 Å². The van der Waals surface area contributed by atoms with E-state index in [9.17, 15) is 4.79 Å². The lowest BCUT2D eigenvalue weighted by Crippen LogP contribution is -3.13. The Labute approximate surface area is 190 Å². The van der Waals surface area contributed by atoms with Crippen molar-refractivity contribution in [3.05, 3.63) is 63.6 Å². The summed E-state index contributed by atoms with van der Waals surface area (Å²) in [5.74, 6) is 2.83. The van der Waals surface area contributed by atoms with E-state index in [-0.39, 0.29) is 11.7 Å². The van der Waals surface area contributed by atoms with Gasteiger partial charge in [0.1, 0.15) is 6.54 Å². The number of benzene rings is 1. The Morgan fingerprint density at radius 2 is 2.00 bits per heavy atom. The van der Waals surface area contributed by atoms with Crippen molar-refractivity contribution in [2.45, 2.75) is 25.3 Å². The van der Waals surface area contributed by atoms with Crippen LogP contribution in [0.1, 0.15) is 38.8 Å². The number of nitrogens with one attached hydrogen (secondary N) is 1. The van der Waals surface area contributed by atoms with E-state index in [2.05, 4.69) is 39.5 Å². The van der Waals surface area contributed by atoms with E-state index in [4.69, 9.17) is 14.5 Å². The molecule has 1 aliphatic carbocycles. The highest BCUT2D eigenvalue weighted by Crippen LogP contribution is 2.34. The second-order valence-electron chi connectivity index (χ2n) is 8.68. The fourth-order valence-corrected chi connectivity index (χ4v) is 5.68. The van der Waals surface area contributed by atoms with Crippen molar-refractivity contribution in [2.75, 3.05) is 37.9 Å². The molecule has 0 radical (unpaired) electrons. The molecule has 0 saturated carbocycles. The summed E-state index contributed by atoms with van der Waals surface area (Å²) >= 11 is 1.72. The van der Waals surface area contributed by atoms with Crippen LogP contribution in [-0.2, 0) is 13.0 Å². The molecule has 0 unspecified atom stereocenters. The Kier molecular flexibility index (Phi) is 5.04. The largest absolute Gasteiger partial charge is 0.454 e.